The van der Waals surface area contributed by atoms with E-state index < -0.39 is 0 Å². The molecule has 0 radical (unpaired) electrons. The van der Waals surface area contributed by atoms with Crippen LogP contribution in [0.15, 0.2) is 17.0 Å². The highest BCUT2D eigenvalue weighted by atomic mass is 16.3. The number of aryl methyl sites for hydroxylation is 1. The number of pyridine rings is 1. The quantitative estimate of drug-likeness (QED) is 0.730. The van der Waals surface area contributed by atoms with Gasteiger partial charge in [-0.2, -0.15) is 0 Å². The Kier molecular flexibility index (Phi) is 2.23. The summed E-state index contributed by atoms with van der Waals surface area (Å²) in [5.74, 6) is 0.604. The number of nitrogens with zero attached hydrogens (tertiary/aromatic N) is 2. The summed E-state index contributed by atoms with van der Waals surface area (Å²) in [4.78, 5) is 8.47. The monoisotopic (exact) mass is 190 g/mol. The van der Waals surface area contributed by atoms with Gasteiger partial charge in [0.2, 0.25) is 0 Å². The molecule has 3 nitrogen and oxygen atoms in total. The molecule has 0 saturated carbocycles. The van der Waals surface area contributed by atoms with Gasteiger partial charge in [-0.25, -0.2) is 4.98 Å². The highest BCUT2D eigenvalue weighted by molar-refractivity contribution is 5.77. The second-order valence-corrected chi connectivity index (χ2v) is 4.00. The minimum absolute atomic E-state index is 0.604. The molecular formula is C11H14N2O. The molecule has 0 aliphatic carbocycles. The van der Waals surface area contributed by atoms with E-state index in [0.29, 0.717) is 5.92 Å². The first-order valence-corrected chi connectivity index (χ1v) is 4.86. The SMILES string of the molecule is Cc1ncc(CC(C)C)c2ocnc12. The molecule has 0 unspecified atom stereocenters. The maximum Gasteiger partial charge on any atom is 0.182 e. The maximum atomic E-state index is 5.38. The molecule has 0 atom stereocenters. The zero-order valence-electron chi connectivity index (χ0n) is 8.74. The first-order valence-electron chi connectivity index (χ1n) is 4.86. The van der Waals surface area contributed by atoms with Gasteiger partial charge in [0.05, 0.1) is 5.69 Å². The van der Waals surface area contributed by atoms with Gasteiger partial charge in [-0.15, -0.1) is 0 Å². The molecule has 0 amide bonds. The Morgan fingerprint density at radius 3 is 2.86 bits per heavy atom. The Morgan fingerprint density at radius 1 is 1.36 bits per heavy atom. The Labute approximate surface area is 83.2 Å². The third-order valence-electron chi connectivity index (χ3n) is 2.24. The van der Waals surface area contributed by atoms with Crippen LogP contribution in [0.1, 0.15) is 25.1 Å². The first kappa shape index (κ1) is 9.19. The summed E-state index contributed by atoms with van der Waals surface area (Å²) in [7, 11) is 0. The largest absolute Gasteiger partial charge is 0.443 e. The van der Waals surface area contributed by atoms with E-state index in [9.17, 15) is 0 Å². The second-order valence-electron chi connectivity index (χ2n) is 4.00. The molecule has 3 heteroatoms. The lowest BCUT2D eigenvalue weighted by Gasteiger charge is -2.04. The average Bonchev–Trinajstić information content (AvgIpc) is 2.58. The van der Waals surface area contributed by atoms with Crippen LogP contribution in [0.2, 0.25) is 0 Å². The molecule has 0 aliphatic heterocycles. The van der Waals surface area contributed by atoms with Gasteiger partial charge in [-0.05, 0) is 19.3 Å². The predicted molar refractivity (Wildman–Crippen MR) is 55.1 cm³/mol. The van der Waals surface area contributed by atoms with Crippen molar-refractivity contribution in [1.82, 2.24) is 9.97 Å². The number of oxazole rings is 1. The fourth-order valence-corrected chi connectivity index (χ4v) is 1.61. The van der Waals surface area contributed by atoms with E-state index in [2.05, 4.69) is 23.8 Å². The minimum Gasteiger partial charge on any atom is -0.443 e. The molecule has 14 heavy (non-hydrogen) atoms. The topological polar surface area (TPSA) is 38.9 Å². The molecule has 2 aromatic heterocycles. The van der Waals surface area contributed by atoms with Crippen molar-refractivity contribution in [2.75, 3.05) is 0 Å². The summed E-state index contributed by atoms with van der Waals surface area (Å²) in [6, 6.07) is 0. The zero-order chi connectivity index (χ0) is 10.1. The van der Waals surface area contributed by atoms with Crippen molar-refractivity contribution in [1.29, 1.82) is 0 Å². The van der Waals surface area contributed by atoms with Crippen molar-refractivity contribution >= 4 is 11.1 Å². The van der Waals surface area contributed by atoms with Crippen molar-refractivity contribution in [3.63, 3.8) is 0 Å². The van der Waals surface area contributed by atoms with Gasteiger partial charge < -0.3 is 4.42 Å². The van der Waals surface area contributed by atoms with Gasteiger partial charge in [0.25, 0.3) is 0 Å². The van der Waals surface area contributed by atoms with Crippen LogP contribution >= 0.6 is 0 Å². The summed E-state index contributed by atoms with van der Waals surface area (Å²) in [5, 5.41) is 0. The van der Waals surface area contributed by atoms with Gasteiger partial charge in [-0.3, -0.25) is 4.98 Å². The van der Waals surface area contributed by atoms with Gasteiger partial charge >= 0.3 is 0 Å². The Hall–Kier alpha value is -1.38. The van der Waals surface area contributed by atoms with E-state index >= 15 is 0 Å². The zero-order valence-corrected chi connectivity index (χ0v) is 8.74. The van der Waals surface area contributed by atoms with Crippen LogP contribution in [-0.4, -0.2) is 9.97 Å². The fraction of sp³-hybridized carbons (Fsp3) is 0.455. The molecule has 2 rings (SSSR count). The smallest absolute Gasteiger partial charge is 0.182 e. The molecule has 0 spiro atoms. The van der Waals surface area contributed by atoms with Gasteiger partial charge in [-0.1, -0.05) is 13.8 Å². The van der Waals surface area contributed by atoms with Crippen molar-refractivity contribution in [3.8, 4) is 0 Å². The summed E-state index contributed by atoms with van der Waals surface area (Å²) < 4.78 is 5.38. The van der Waals surface area contributed by atoms with Crippen LogP contribution < -0.4 is 0 Å². The molecule has 2 aromatic rings. The van der Waals surface area contributed by atoms with E-state index in [0.717, 1.165) is 28.8 Å². The minimum atomic E-state index is 0.604. The highest BCUT2D eigenvalue weighted by Gasteiger charge is 2.10. The Morgan fingerprint density at radius 2 is 2.14 bits per heavy atom. The predicted octanol–water partition coefficient (Wildman–Crippen LogP) is 2.73. The van der Waals surface area contributed by atoms with Crippen LogP contribution in [-0.2, 0) is 6.42 Å². The second kappa shape index (κ2) is 3.40. The molecule has 2 heterocycles. The molecule has 0 fully saturated rings. The normalized spacial score (nSPS) is 11.4. The Balaban J connectivity index is 2.55. The average molecular weight is 190 g/mol. The molecule has 74 valence electrons. The standard InChI is InChI=1S/C11H14N2O/c1-7(2)4-9-5-12-8(3)10-11(9)14-6-13-10/h5-7H,4H2,1-3H3. The van der Waals surface area contributed by atoms with Crippen LogP contribution in [0.5, 0.6) is 0 Å². The highest BCUT2D eigenvalue weighted by Crippen LogP contribution is 2.21. The summed E-state index contributed by atoms with van der Waals surface area (Å²) in [6.45, 7) is 6.31. The molecule has 0 bridgehead atoms. The van der Waals surface area contributed by atoms with Crippen LogP contribution in [0.25, 0.3) is 11.1 Å². The number of aromatic nitrogens is 2. The van der Waals surface area contributed by atoms with E-state index in [1.165, 1.54) is 6.39 Å². The number of hydrogen-bond donors (Lipinski definition) is 0. The van der Waals surface area contributed by atoms with Crippen LogP contribution in [0.4, 0.5) is 0 Å². The van der Waals surface area contributed by atoms with Gasteiger partial charge in [0.1, 0.15) is 5.52 Å². The molecule has 0 N–H and O–H groups in total. The van der Waals surface area contributed by atoms with Crippen molar-refractivity contribution < 1.29 is 4.42 Å². The van der Waals surface area contributed by atoms with E-state index in [-0.39, 0.29) is 0 Å². The lowest BCUT2D eigenvalue weighted by atomic mass is 10.0. The van der Waals surface area contributed by atoms with Crippen molar-refractivity contribution in [2.45, 2.75) is 27.2 Å². The van der Waals surface area contributed by atoms with Crippen molar-refractivity contribution in [2.24, 2.45) is 5.92 Å². The van der Waals surface area contributed by atoms with Crippen LogP contribution in [0, 0.1) is 12.8 Å². The lowest BCUT2D eigenvalue weighted by molar-refractivity contribution is 0.585. The van der Waals surface area contributed by atoms with Gasteiger partial charge in [0, 0.05) is 11.8 Å². The molecule has 0 aliphatic rings. The van der Waals surface area contributed by atoms with Gasteiger partial charge in [0.15, 0.2) is 12.0 Å². The first-order chi connectivity index (χ1) is 6.68. The number of fused-ring (bicyclic) bond motifs is 1. The van der Waals surface area contributed by atoms with Crippen molar-refractivity contribution in [3.05, 3.63) is 23.8 Å². The maximum absolute atomic E-state index is 5.38. The number of rotatable bonds is 2. The van der Waals surface area contributed by atoms with Crippen LogP contribution in [0.3, 0.4) is 0 Å². The third-order valence-corrected chi connectivity index (χ3v) is 2.24. The fourth-order valence-electron chi connectivity index (χ4n) is 1.61. The summed E-state index contributed by atoms with van der Waals surface area (Å²) >= 11 is 0. The molecule has 0 aromatic carbocycles. The lowest BCUT2D eigenvalue weighted by Crippen LogP contribution is -1.96. The Bertz CT molecular complexity index is 445. The van der Waals surface area contributed by atoms with E-state index in [1.54, 1.807) is 0 Å². The molecular weight excluding hydrogens is 176 g/mol. The van der Waals surface area contributed by atoms with E-state index in [1.807, 2.05) is 13.1 Å². The molecule has 0 saturated heterocycles. The summed E-state index contributed by atoms with van der Waals surface area (Å²) in [5.41, 5.74) is 3.87. The number of hydrogen-bond acceptors (Lipinski definition) is 3. The third kappa shape index (κ3) is 1.50. The van der Waals surface area contributed by atoms with E-state index in [4.69, 9.17) is 4.42 Å². The summed E-state index contributed by atoms with van der Waals surface area (Å²) in [6.07, 6.45) is 4.37.